The third-order valence-electron chi connectivity index (χ3n) is 11.5. The first-order valence-electron chi connectivity index (χ1n) is 26.8. The second-order valence-corrected chi connectivity index (χ2v) is 17.8. The second kappa shape index (κ2) is 52.9. The van der Waals surface area contributed by atoms with Gasteiger partial charge in [0.2, 0.25) is 0 Å². The highest BCUT2D eigenvalue weighted by Gasteiger charge is 2.17. The smallest absolute Gasteiger partial charge is 0.306 e. The average Bonchev–Trinajstić information content (AvgIpc) is 3.27. The first-order chi connectivity index (χ1) is 30.6. The molecule has 0 saturated heterocycles. The normalized spacial score (nSPS) is 12.6. The summed E-state index contributed by atoms with van der Waals surface area (Å²) in [6, 6.07) is 0. The summed E-state index contributed by atoms with van der Waals surface area (Å²) in [6.07, 6.45) is 66.5. The number of hydrogen-bond acceptors (Lipinski definition) is 5. The lowest BCUT2D eigenvalue weighted by atomic mass is 10.1. The molecule has 0 aromatic carbocycles. The van der Waals surface area contributed by atoms with Gasteiger partial charge in [-0.05, 0) is 103 Å². The van der Waals surface area contributed by atoms with E-state index >= 15 is 0 Å². The first kappa shape index (κ1) is 59.6. The van der Waals surface area contributed by atoms with E-state index in [0.29, 0.717) is 19.4 Å². The Balaban J connectivity index is 4.25. The van der Waals surface area contributed by atoms with E-state index in [1.54, 1.807) is 0 Å². The molecule has 1 unspecified atom stereocenters. The van der Waals surface area contributed by atoms with Gasteiger partial charge in [-0.3, -0.25) is 9.59 Å². The van der Waals surface area contributed by atoms with Crippen LogP contribution in [0, 0.1) is 0 Å². The second-order valence-electron chi connectivity index (χ2n) is 17.8. The molecule has 360 valence electrons. The summed E-state index contributed by atoms with van der Waals surface area (Å²) in [5.74, 6) is -0.412. The number of hydrogen-bond donors (Lipinski definition) is 0. The number of ether oxygens (including phenoxy) is 3. The lowest BCUT2D eigenvalue weighted by Gasteiger charge is -2.18. The van der Waals surface area contributed by atoms with Crippen molar-refractivity contribution < 1.29 is 23.8 Å². The van der Waals surface area contributed by atoms with Crippen molar-refractivity contribution in [3.63, 3.8) is 0 Å². The number of rotatable bonds is 49. The molecule has 0 aliphatic heterocycles. The first-order valence-corrected chi connectivity index (χ1v) is 26.8. The minimum absolute atomic E-state index is 0.0755. The van der Waals surface area contributed by atoms with Crippen LogP contribution in [-0.4, -0.2) is 37.9 Å². The highest BCUT2D eigenvalue weighted by Crippen LogP contribution is 2.14. The van der Waals surface area contributed by atoms with Crippen molar-refractivity contribution in [1.29, 1.82) is 0 Å². The Morgan fingerprint density at radius 3 is 1.18 bits per heavy atom. The molecule has 0 amide bonds. The molecule has 0 fully saturated rings. The molecule has 5 nitrogen and oxygen atoms in total. The number of carbonyl (C=O) groups is 2. The van der Waals surface area contributed by atoms with E-state index in [2.05, 4.69) is 81.5 Å². The summed E-state index contributed by atoms with van der Waals surface area (Å²) < 4.78 is 17.4. The molecule has 0 heterocycles. The van der Waals surface area contributed by atoms with Crippen LogP contribution in [0.15, 0.2) is 60.8 Å². The van der Waals surface area contributed by atoms with Crippen LogP contribution in [0.5, 0.6) is 0 Å². The predicted octanol–water partition coefficient (Wildman–Crippen LogP) is 18.1. The summed E-state index contributed by atoms with van der Waals surface area (Å²) in [5, 5.41) is 0. The monoisotopic (exact) mass is 867 g/mol. The van der Waals surface area contributed by atoms with Crippen LogP contribution in [0.25, 0.3) is 0 Å². The van der Waals surface area contributed by atoms with Crippen LogP contribution in [-0.2, 0) is 23.8 Å². The van der Waals surface area contributed by atoms with E-state index in [9.17, 15) is 9.59 Å². The zero-order chi connectivity index (χ0) is 44.9. The zero-order valence-corrected chi connectivity index (χ0v) is 41.4. The quantitative estimate of drug-likeness (QED) is 0.0346. The summed E-state index contributed by atoms with van der Waals surface area (Å²) in [7, 11) is 0. The minimum Gasteiger partial charge on any atom is -0.462 e. The lowest BCUT2D eigenvalue weighted by molar-refractivity contribution is -0.163. The van der Waals surface area contributed by atoms with Gasteiger partial charge in [-0.2, -0.15) is 0 Å². The van der Waals surface area contributed by atoms with E-state index in [1.165, 1.54) is 167 Å². The number of allylic oxidation sites excluding steroid dienone is 10. The molecule has 1 atom stereocenters. The van der Waals surface area contributed by atoms with E-state index < -0.39 is 6.10 Å². The van der Waals surface area contributed by atoms with Gasteiger partial charge in [-0.1, -0.05) is 210 Å². The Kier molecular flexibility index (Phi) is 50.9. The highest BCUT2D eigenvalue weighted by atomic mass is 16.6. The van der Waals surface area contributed by atoms with Gasteiger partial charge in [0.05, 0.1) is 6.61 Å². The molecule has 0 N–H and O–H groups in total. The van der Waals surface area contributed by atoms with Gasteiger partial charge in [0.25, 0.3) is 0 Å². The van der Waals surface area contributed by atoms with Crippen LogP contribution in [0.1, 0.15) is 265 Å². The van der Waals surface area contributed by atoms with E-state index in [1.807, 2.05) is 0 Å². The third-order valence-corrected chi connectivity index (χ3v) is 11.5. The van der Waals surface area contributed by atoms with E-state index in [4.69, 9.17) is 14.2 Å². The standard InChI is InChI=1S/C57H102O5/c1-4-7-10-13-16-19-22-25-27-28-29-30-31-33-35-38-41-44-47-50-56(58)61-54-55(53-60-52-49-46-43-40-37-34-26-23-20-17-14-11-8-5-2)62-57(59)51-48-45-42-39-36-32-24-21-18-15-12-9-6-3/h11,14,16,19-21,23-25,27,55H,4-10,12-13,15,17-18,22,26,28-54H2,1-3H3/b14-11-,19-16-,23-20-,24-21-,27-25-. The van der Waals surface area contributed by atoms with Crippen molar-refractivity contribution in [2.45, 2.75) is 271 Å². The third kappa shape index (κ3) is 50.2. The number of unbranched alkanes of at least 4 members (excludes halogenated alkanes) is 28. The average molecular weight is 867 g/mol. The molecule has 0 saturated carbocycles. The molecule has 62 heavy (non-hydrogen) atoms. The fraction of sp³-hybridized carbons (Fsp3) is 0.789. The molecule has 0 aliphatic rings. The summed E-state index contributed by atoms with van der Waals surface area (Å²) in [4.78, 5) is 25.4. The van der Waals surface area contributed by atoms with Gasteiger partial charge >= 0.3 is 11.9 Å². The Bertz CT molecular complexity index is 1070. The van der Waals surface area contributed by atoms with Crippen molar-refractivity contribution >= 4 is 11.9 Å². The Morgan fingerprint density at radius 2 is 0.710 bits per heavy atom. The van der Waals surface area contributed by atoms with Crippen LogP contribution < -0.4 is 0 Å². The Hall–Kier alpha value is -2.40. The molecule has 0 spiro atoms. The maximum Gasteiger partial charge on any atom is 0.306 e. The summed E-state index contributed by atoms with van der Waals surface area (Å²) in [6.45, 7) is 7.72. The topological polar surface area (TPSA) is 61.8 Å². The van der Waals surface area contributed by atoms with Gasteiger partial charge in [0, 0.05) is 19.4 Å². The van der Waals surface area contributed by atoms with Gasteiger partial charge < -0.3 is 14.2 Å². The van der Waals surface area contributed by atoms with Crippen LogP contribution in [0.3, 0.4) is 0 Å². The molecular weight excluding hydrogens is 765 g/mol. The van der Waals surface area contributed by atoms with Crippen molar-refractivity contribution in [2.24, 2.45) is 0 Å². The predicted molar refractivity (Wildman–Crippen MR) is 270 cm³/mol. The van der Waals surface area contributed by atoms with Crippen LogP contribution in [0.2, 0.25) is 0 Å². The Morgan fingerprint density at radius 1 is 0.355 bits per heavy atom. The molecule has 0 rings (SSSR count). The van der Waals surface area contributed by atoms with Gasteiger partial charge in [0.1, 0.15) is 6.61 Å². The maximum atomic E-state index is 12.8. The van der Waals surface area contributed by atoms with Gasteiger partial charge in [-0.15, -0.1) is 0 Å². The number of carbonyl (C=O) groups excluding carboxylic acids is 2. The van der Waals surface area contributed by atoms with E-state index in [-0.39, 0.29) is 25.2 Å². The highest BCUT2D eigenvalue weighted by molar-refractivity contribution is 5.70. The molecule has 0 aliphatic carbocycles. The maximum absolute atomic E-state index is 12.8. The molecule has 0 aromatic rings. The molecule has 0 bridgehead atoms. The molecular formula is C57H102O5. The van der Waals surface area contributed by atoms with Crippen molar-refractivity contribution in [3.8, 4) is 0 Å². The Labute approximate surface area is 385 Å². The largest absolute Gasteiger partial charge is 0.462 e. The fourth-order valence-corrected chi connectivity index (χ4v) is 7.46. The lowest BCUT2D eigenvalue weighted by Crippen LogP contribution is -2.30. The molecule has 0 aromatic heterocycles. The van der Waals surface area contributed by atoms with Crippen molar-refractivity contribution in [2.75, 3.05) is 19.8 Å². The number of esters is 2. The van der Waals surface area contributed by atoms with Crippen molar-refractivity contribution in [1.82, 2.24) is 0 Å². The minimum atomic E-state index is -0.548. The zero-order valence-electron chi connectivity index (χ0n) is 41.4. The van der Waals surface area contributed by atoms with Crippen LogP contribution >= 0.6 is 0 Å². The molecule has 0 radical (unpaired) electrons. The van der Waals surface area contributed by atoms with Gasteiger partial charge in [0.15, 0.2) is 6.10 Å². The summed E-state index contributed by atoms with van der Waals surface area (Å²) >= 11 is 0. The van der Waals surface area contributed by atoms with Crippen molar-refractivity contribution in [3.05, 3.63) is 60.8 Å². The SMILES string of the molecule is CCC/C=C\C/C=C\CCCCCCCCOCC(COC(=O)CCCCCCCCCCC/C=C\C/C=C\CCCCC)OC(=O)CCCCCCC/C=C\CCCCCC. The van der Waals surface area contributed by atoms with Gasteiger partial charge in [-0.25, -0.2) is 0 Å². The van der Waals surface area contributed by atoms with Crippen LogP contribution in [0.4, 0.5) is 0 Å². The fourth-order valence-electron chi connectivity index (χ4n) is 7.46. The molecule has 5 heteroatoms. The summed E-state index contributed by atoms with van der Waals surface area (Å²) in [5.41, 5.74) is 0. The van der Waals surface area contributed by atoms with E-state index in [0.717, 1.165) is 64.2 Å².